The van der Waals surface area contributed by atoms with E-state index in [1.54, 1.807) is 0 Å². The molecule has 0 bridgehead atoms. The minimum absolute atomic E-state index is 0.418. The Bertz CT molecular complexity index is 1310. The topological polar surface area (TPSA) is 154 Å². The molecule has 4 aromatic rings. The van der Waals surface area contributed by atoms with E-state index in [4.69, 9.17) is 14.5 Å². The van der Waals surface area contributed by atoms with Gasteiger partial charge in [0.25, 0.3) is 0 Å². The van der Waals surface area contributed by atoms with Crippen molar-refractivity contribution in [1.29, 1.82) is 0 Å². The van der Waals surface area contributed by atoms with Crippen molar-refractivity contribution >= 4 is 38.1 Å². The summed E-state index contributed by atoms with van der Waals surface area (Å²) >= 11 is 0. The quantitative estimate of drug-likeness (QED) is 0.198. The Morgan fingerprint density at radius 2 is 1.14 bits per heavy atom. The highest BCUT2D eigenvalue weighted by Gasteiger charge is 2.41. The lowest BCUT2D eigenvalue weighted by molar-refractivity contribution is -0.0732. The molecule has 3 unspecified atom stereocenters. The highest BCUT2D eigenvalue weighted by molar-refractivity contribution is 7.46. The molecule has 0 aromatic heterocycles. The fourth-order valence-electron chi connectivity index (χ4n) is 3.88. The Kier molecular flexibility index (Phi) is 9.96. The second-order valence-electron chi connectivity index (χ2n) is 7.94. The molecule has 0 spiro atoms. The zero-order valence-corrected chi connectivity index (χ0v) is 20.8. The summed E-state index contributed by atoms with van der Waals surface area (Å²) in [6.45, 7) is -1.25. The van der Waals surface area contributed by atoms with Crippen molar-refractivity contribution in [3.8, 4) is 5.75 Å². The van der Waals surface area contributed by atoms with Gasteiger partial charge in [0.05, 0.1) is 25.2 Å². The lowest BCUT2D eigenvalue weighted by Gasteiger charge is -2.37. The highest BCUT2D eigenvalue weighted by atomic mass is 31.2. The first-order valence-electron chi connectivity index (χ1n) is 10.8. The van der Waals surface area contributed by atoms with E-state index < -0.39 is 47.8 Å². The molecule has 188 valence electrons. The Labute approximate surface area is 209 Å². The minimum atomic E-state index is -2.92. The molecule has 0 amide bonds. The number of rotatable bonds is 9. The van der Waals surface area contributed by atoms with Gasteiger partial charge in [0.2, 0.25) is 0 Å². The summed E-state index contributed by atoms with van der Waals surface area (Å²) in [5, 5.41) is 34.5. The van der Waals surface area contributed by atoms with Crippen molar-refractivity contribution < 1.29 is 43.3 Å². The lowest BCUT2D eigenvalue weighted by Crippen LogP contribution is -2.42. The normalized spacial score (nSPS) is 13.0. The Morgan fingerprint density at radius 1 is 0.667 bits per heavy atom. The molecule has 0 fully saturated rings. The molecule has 5 N–H and O–H groups in total. The number of hydrogen-bond donors (Lipinski definition) is 5. The number of benzene rings is 4. The number of aliphatic hydroxyl groups is 3. The second-order valence-corrected chi connectivity index (χ2v) is 9.54. The van der Waals surface area contributed by atoms with Gasteiger partial charge in [0, 0.05) is 20.1 Å². The largest absolute Gasteiger partial charge is 0.745 e. The summed E-state index contributed by atoms with van der Waals surface area (Å²) in [6.07, 6.45) is -0.751. The van der Waals surface area contributed by atoms with Gasteiger partial charge < -0.3 is 20.1 Å². The van der Waals surface area contributed by atoms with E-state index in [1.807, 2.05) is 84.9 Å². The van der Waals surface area contributed by atoms with Gasteiger partial charge in [-0.3, -0.25) is 0 Å². The van der Waals surface area contributed by atoms with Gasteiger partial charge in [0.1, 0.15) is 11.9 Å². The van der Waals surface area contributed by atoms with E-state index in [-0.39, 0.29) is 0 Å². The molecule has 0 aliphatic heterocycles. The van der Waals surface area contributed by atoms with Gasteiger partial charge in [-0.2, -0.15) is 0 Å². The molecular weight excluding hydrogens is 506 g/mol. The second kappa shape index (κ2) is 12.9. The summed E-state index contributed by atoms with van der Waals surface area (Å²) in [4.78, 5) is 15.3. The molecule has 9 nitrogen and oxygen atoms in total. The molecule has 11 heteroatoms. The van der Waals surface area contributed by atoms with Crippen LogP contribution in [-0.2, 0) is 13.4 Å². The van der Waals surface area contributed by atoms with Crippen LogP contribution in [0.15, 0.2) is 84.9 Å². The van der Waals surface area contributed by atoms with E-state index in [1.165, 1.54) is 0 Å². The van der Waals surface area contributed by atoms with Gasteiger partial charge in [0.15, 0.2) is 4.31 Å². The van der Waals surface area contributed by atoms with Crippen LogP contribution >= 0.6 is 16.5 Å². The lowest BCUT2D eigenvalue weighted by atomic mass is 9.79. The maximum Gasteiger partial charge on any atom is 0.745 e. The number of fused-ring (bicyclic) bond motifs is 2. The molecule has 0 saturated heterocycles. The van der Waals surface area contributed by atoms with Gasteiger partial charge in [-0.25, -0.2) is 0 Å². The molecule has 4 aromatic carbocycles. The Morgan fingerprint density at radius 3 is 1.67 bits per heavy atom. The summed E-state index contributed by atoms with van der Waals surface area (Å²) in [6, 6.07) is 27.4. The molecule has 0 saturated carbocycles. The zero-order valence-electron chi connectivity index (χ0n) is 19.0. The summed E-state index contributed by atoms with van der Waals surface area (Å²) < 4.78 is 28.6. The van der Waals surface area contributed by atoms with Gasteiger partial charge in [-0.05, 0) is 22.2 Å². The van der Waals surface area contributed by atoms with Crippen LogP contribution in [0.3, 0.4) is 0 Å². The molecule has 0 aliphatic rings. The van der Waals surface area contributed by atoms with E-state index >= 15 is 0 Å². The smallest absolute Gasteiger partial charge is 0.484 e. The third-order valence-electron chi connectivity index (χ3n) is 5.74. The maximum absolute atomic E-state index is 10.2. The minimum Gasteiger partial charge on any atom is -0.484 e. The first-order chi connectivity index (χ1) is 17.3. The van der Waals surface area contributed by atoms with E-state index in [0.29, 0.717) is 5.75 Å². The van der Waals surface area contributed by atoms with Crippen LogP contribution in [0.4, 0.5) is 0 Å². The standard InChI is InChI=1S/C25H24O4.O5P2/c26-15-25(16-27,17-28)24(22-13-5-9-18-7-1-3-11-20(18)22)29-23-14-6-10-19-8-2-4-12-21(19)23;1-6(2)5-7(3)4/h1-14,24,26-28H,15-17H2;/p+2. The zero-order chi connectivity index (χ0) is 26.1. The fourth-order valence-corrected chi connectivity index (χ4v) is 4.36. The van der Waals surface area contributed by atoms with Crippen molar-refractivity contribution in [3.05, 3.63) is 90.5 Å². The predicted octanol–water partition coefficient (Wildman–Crippen LogP) is 4.38. The SMILES string of the molecule is O=[P+](O)O[P+](=O)O.OCC(CO)(CO)C(Oc1cccc2ccccc12)c1cccc2ccccc12. The summed E-state index contributed by atoms with van der Waals surface area (Å²) in [5.74, 6) is 0.640. The van der Waals surface area contributed by atoms with Crippen LogP contribution in [0.2, 0.25) is 0 Å². The van der Waals surface area contributed by atoms with E-state index in [0.717, 1.165) is 27.1 Å². The van der Waals surface area contributed by atoms with Crippen molar-refractivity contribution in [1.82, 2.24) is 0 Å². The molecular formula is C25H26O9P2+2. The molecule has 4 rings (SSSR count). The first kappa shape index (κ1) is 27.7. The van der Waals surface area contributed by atoms with Crippen LogP contribution in [0.1, 0.15) is 11.7 Å². The van der Waals surface area contributed by atoms with Crippen molar-refractivity contribution in [2.75, 3.05) is 19.8 Å². The number of aliphatic hydroxyl groups excluding tert-OH is 3. The molecule has 36 heavy (non-hydrogen) atoms. The van der Waals surface area contributed by atoms with E-state index in [2.05, 4.69) is 4.31 Å². The molecule has 0 radical (unpaired) electrons. The summed E-state index contributed by atoms with van der Waals surface area (Å²) in [7, 11) is -5.85. The fraction of sp³-hybridized carbons (Fsp3) is 0.200. The number of ether oxygens (including phenoxy) is 1. The van der Waals surface area contributed by atoms with Crippen LogP contribution in [0.25, 0.3) is 21.5 Å². The third-order valence-corrected chi connectivity index (χ3v) is 6.86. The predicted molar refractivity (Wildman–Crippen MR) is 136 cm³/mol. The van der Waals surface area contributed by atoms with Gasteiger partial charge in [-0.1, -0.05) is 78.9 Å². The average Bonchev–Trinajstić information content (AvgIpc) is 2.88. The number of hydrogen-bond acceptors (Lipinski definition) is 7. The monoisotopic (exact) mass is 532 g/mol. The van der Waals surface area contributed by atoms with Crippen LogP contribution in [0, 0.1) is 5.41 Å². The van der Waals surface area contributed by atoms with Crippen LogP contribution in [-0.4, -0.2) is 44.9 Å². The average molecular weight is 532 g/mol. The molecule has 0 heterocycles. The van der Waals surface area contributed by atoms with Crippen molar-refractivity contribution in [3.63, 3.8) is 0 Å². The molecule has 3 atom stereocenters. The Hall–Kier alpha value is -2.84. The Balaban J connectivity index is 0.000000454. The van der Waals surface area contributed by atoms with Crippen molar-refractivity contribution in [2.45, 2.75) is 6.10 Å². The van der Waals surface area contributed by atoms with E-state index in [9.17, 15) is 24.4 Å². The third kappa shape index (κ3) is 6.48. The van der Waals surface area contributed by atoms with Crippen molar-refractivity contribution in [2.24, 2.45) is 5.41 Å². The van der Waals surface area contributed by atoms with Gasteiger partial charge in [-0.15, -0.1) is 9.79 Å². The molecule has 0 aliphatic carbocycles. The first-order valence-corrected chi connectivity index (χ1v) is 13.1. The van der Waals surface area contributed by atoms with Crippen LogP contribution in [0.5, 0.6) is 5.75 Å². The van der Waals surface area contributed by atoms with Crippen LogP contribution < -0.4 is 4.74 Å². The maximum atomic E-state index is 10.2. The highest BCUT2D eigenvalue weighted by Crippen LogP contribution is 2.41. The van der Waals surface area contributed by atoms with Gasteiger partial charge >= 0.3 is 16.5 Å². The summed E-state index contributed by atoms with van der Waals surface area (Å²) in [5.41, 5.74) is -0.436.